The number of aromatic nitrogens is 2. The normalized spacial score (nSPS) is 19.9. The van der Waals surface area contributed by atoms with E-state index in [1.54, 1.807) is 48.8 Å². The Bertz CT molecular complexity index is 1140. The fourth-order valence-corrected chi connectivity index (χ4v) is 4.01. The predicted octanol–water partition coefficient (Wildman–Crippen LogP) is 2.58. The number of hydrogen-bond acceptors (Lipinski definition) is 4. The molecule has 0 radical (unpaired) electrons. The van der Waals surface area contributed by atoms with Crippen LogP contribution in [0, 0.1) is 0 Å². The van der Waals surface area contributed by atoms with Gasteiger partial charge in [-0.25, -0.2) is 0 Å². The van der Waals surface area contributed by atoms with Gasteiger partial charge in [0.1, 0.15) is 11.5 Å². The average molecular weight is 361 g/mol. The maximum absolute atomic E-state index is 12.6. The summed E-state index contributed by atoms with van der Waals surface area (Å²) in [5, 5.41) is 23.3. The number of benzene rings is 2. The summed E-state index contributed by atoms with van der Waals surface area (Å²) in [4.78, 5) is 31.4. The molecule has 5 N–H and O–H groups in total. The molecule has 1 saturated heterocycles. The summed E-state index contributed by atoms with van der Waals surface area (Å²) in [6.45, 7) is 0. The fraction of sp³-hybridized carbons (Fsp3) is 0.100. The van der Waals surface area contributed by atoms with Crippen LogP contribution in [0.4, 0.5) is 0 Å². The molecule has 2 aromatic heterocycles. The summed E-state index contributed by atoms with van der Waals surface area (Å²) >= 11 is 0. The van der Waals surface area contributed by atoms with Crippen LogP contribution in [0.15, 0.2) is 48.8 Å². The monoisotopic (exact) mass is 361 g/mol. The summed E-state index contributed by atoms with van der Waals surface area (Å²) < 4.78 is 0. The van der Waals surface area contributed by atoms with Crippen molar-refractivity contribution < 1.29 is 19.8 Å². The molecule has 5 rings (SSSR count). The van der Waals surface area contributed by atoms with E-state index in [1.807, 2.05) is 0 Å². The van der Waals surface area contributed by atoms with E-state index in [9.17, 15) is 19.8 Å². The number of rotatable bonds is 2. The second-order valence-electron chi connectivity index (χ2n) is 6.76. The van der Waals surface area contributed by atoms with E-state index in [2.05, 4.69) is 15.3 Å². The van der Waals surface area contributed by atoms with Crippen LogP contribution in [0.5, 0.6) is 11.5 Å². The number of nitrogens with one attached hydrogen (secondary N) is 3. The maximum atomic E-state index is 12.6. The van der Waals surface area contributed by atoms with Crippen molar-refractivity contribution in [1.29, 1.82) is 0 Å². The third kappa shape index (κ3) is 2.21. The summed E-state index contributed by atoms with van der Waals surface area (Å²) in [5.41, 5.74) is 2.79. The fourth-order valence-electron chi connectivity index (χ4n) is 4.01. The van der Waals surface area contributed by atoms with Crippen molar-refractivity contribution in [3.8, 4) is 11.5 Å². The maximum Gasteiger partial charge on any atom is 0.235 e. The van der Waals surface area contributed by atoms with E-state index in [0.717, 1.165) is 10.8 Å². The standard InChI is InChI=1S/C20H15N3O4/c24-9-1-3-11-13(7-21-15(11)5-9)17-18(20(27)23-19(17)26)14-8-22-16-6-10(25)2-4-12(14)16/h1-8,17-18,21-22,24-25H,(H,23,26,27)/t17-,18-/m1/s1. The van der Waals surface area contributed by atoms with Crippen molar-refractivity contribution in [2.24, 2.45) is 0 Å². The smallest absolute Gasteiger partial charge is 0.235 e. The SMILES string of the molecule is O=C1NC(=O)[C@H](c2c[nH]c3cc(O)ccc23)[C@H]1c1c[nH]c2cc(O)ccc12. The van der Waals surface area contributed by atoms with Crippen molar-refractivity contribution in [2.75, 3.05) is 0 Å². The molecule has 3 heterocycles. The number of phenolic OH excluding ortho intramolecular Hbond substituents is 2. The number of H-pyrrole nitrogens is 2. The molecule has 1 fully saturated rings. The lowest BCUT2D eigenvalue weighted by molar-refractivity contribution is -0.125. The Morgan fingerprint density at radius 2 is 1.15 bits per heavy atom. The molecule has 4 aromatic rings. The van der Waals surface area contributed by atoms with Gasteiger partial charge < -0.3 is 20.2 Å². The molecule has 2 atom stereocenters. The van der Waals surface area contributed by atoms with Crippen LogP contribution in [0.3, 0.4) is 0 Å². The lowest BCUT2D eigenvalue weighted by Gasteiger charge is -2.15. The molecule has 2 amide bonds. The number of carbonyl (C=O) groups is 2. The molecule has 2 aromatic carbocycles. The lowest BCUT2D eigenvalue weighted by atomic mass is 9.83. The zero-order chi connectivity index (χ0) is 18.7. The van der Waals surface area contributed by atoms with E-state index >= 15 is 0 Å². The van der Waals surface area contributed by atoms with Gasteiger partial charge in [-0.05, 0) is 35.4 Å². The van der Waals surface area contributed by atoms with Crippen LogP contribution >= 0.6 is 0 Å². The third-order valence-electron chi connectivity index (χ3n) is 5.21. The number of aromatic hydroxyl groups is 2. The minimum absolute atomic E-state index is 0.121. The second kappa shape index (κ2) is 5.38. The quantitative estimate of drug-likeness (QED) is 0.353. The van der Waals surface area contributed by atoms with Crippen molar-refractivity contribution in [1.82, 2.24) is 15.3 Å². The number of phenols is 2. The highest BCUT2D eigenvalue weighted by Gasteiger charge is 2.45. The Morgan fingerprint density at radius 1 is 0.704 bits per heavy atom. The Kier molecular flexibility index (Phi) is 3.09. The Hall–Kier alpha value is -3.74. The van der Waals surface area contributed by atoms with Crippen molar-refractivity contribution in [2.45, 2.75) is 11.8 Å². The number of amides is 2. The van der Waals surface area contributed by atoms with Gasteiger partial charge in [0.05, 0.1) is 11.8 Å². The van der Waals surface area contributed by atoms with E-state index in [4.69, 9.17) is 0 Å². The first-order valence-electron chi connectivity index (χ1n) is 8.47. The van der Waals surface area contributed by atoms with Gasteiger partial charge in [-0.1, -0.05) is 0 Å². The van der Waals surface area contributed by atoms with Crippen molar-refractivity contribution in [3.63, 3.8) is 0 Å². The van der Waals surface area contributed by atoms with Crippen LogP contribution < -0.4 is 5.32 Å². The highest BCUT2D eigenvalue weighted by molar-refractivity contribution is 6.13. The van der Waals surface area contributed by atoms with Gasteiger partial charge >= 0.3 is 0 Å². The molecule has 0 aliphatic carbocycles. The molecule has 0 bridgehead atoms. The van der Waals surface area contributed by atoms with Gasteiger partial charge in [0, 0.05) is 46.3 Å². The van der Waals surface area contributed by atoms with Gasteiger partial charge in [-0.2, -0.15) is 0 Å². The van der Waals surface area contributed by atoms with Crippen LogP contribution in [-0.4, -0.2) is 32.0 Å². The first-order valence-corrected chi connectivity index (χ1v) is 8.47. The first kappa shape index (κ1) is 15.5. The number of fused-ring (bicyclic) bond motifs is 2. The zero-order valence-corrected chi connectivity index (χ0v) is 14.0. The predicted molar refractivity (Wildman–Crippen MR) is 98.6 cm³/mol. The Balaban J connectivity index is 1.69. The largest absolute Gasteiger partial charge is 0.508 e. The van der Waals surface area contributed by atoms with Crippen LogP contribution in [0.2, 0.25) is 0 Å². The summed E-state index contributed by atoms with van der Waals surface area (Å²) in [7, 11) is 0. The molecular formula is C20H15N3O4. The molecule has 0 spiro atoms. The molecule has 1 aliphatic heterocycles. The van der Waals surface area contributed by atoms with Crippen LogP contribution in [0.25, 0.3) is 21.8 Å². The molecule has 0 saturated carbocycles. The van der Waals surface area contributed by atoms with Crippen LogP contribution in [0.1, 0.15) is 23.0 Å². The zero-order valence-electron chi connectivity index (χ0n) is 14.0. The van der Waals surface area contributed by atoms with Crippen LogP contribution in [-0.2, 0) is 9.59 Å². The van der Waals surface area contributed by atoms with Gasteiger partial charge in [0.15, 0.2) is 0 Å². The number of carbonyl (C=O) groups excluding carboxylic acids is 2. The molecule has 7 heteroatoms. The molecule has 1 aliphatic rings. The highest BCUT2D eigenvalue weighted by Crippen LogP contribution is 2.43. The first-order chi connectivity index (χ1) is 13.0. The Labute approximate surface area is 152 Å². The summed E-state index contributed by atoms with van der Waals surface area (Å²) in [5.74, 6) is -1.85. The van der Waals surface area contributed by atoms with Crippen molar-refractivity contribution in [3.05, 3.63) is 59.9 Å². The highest BCUT2D eigenvalue weighted by atomic mass is 16.3. The molecule has 27 heavy (non-hydrogen) atoms. The number of aromatic amines is 2. The van der Waals surface area contributed by atoms with E-state index < -0.39 is 11.8 Å². The summed E-state index contributed by atoms with van der Waals surface area (Å²) in [6, 6.07) is 9.73. The van der Waals surface area contributed by atoms with E-state index in [1.165, 1.54) is 0 Å². The topological polar surface area (TPSA) is 118 Å². The number of hydrogen-bond donors (Lipinski definition) is 5. The molecular weight excluding hydrogens is 346 g/mol. The minimum Gasteiger partial charge on any atom is -0.508 e. The molecule has 134 valence electrons. The van der Waals surface area contributed by atoms with Gasteiger partial charge in [-0.15, -0.1) is 0 Å². The number of imide groups is 1. The minimum atomic E-state index is -0.691. The van der Waals surface area contributed by atoms with E-state index in [0.29, 0.717) is 22.2 Å². The average Bonchev–Trinajstić information content (AvgIpc) is 3.29. The van der Waals surface area contributed by atoms with E-state index in [-0.39, 0.29) is 23.3 Å². The Morgan fingerprint density at radius 3 is 1.59 bits per heavy atom. The third-order valence-corrected chi connectivity index (χ3v) is 5.21. The van der Waals surface area contributed by atoms with Gasteiger partial charge in [0.25, 0.3) is 0 Å². The van der Waals surface area contributed by atoms with Gasteiger partial charge in [0.2, 0.25) is 11.8 Å². The molecule has 0 unspecified atom stereocenters. The second-order valence-corrected chi connectivity index (χ2v) is 6.76. The molecule has 7 nitrogen and oxygen atoms in total. The van der Waals surface area contributed by atoms with Crippen molar-refractivity contribution >= 4 is 33.6 Å². The van der Waals surface area contributed by atoms with Gasteiger partial charge in [-0.3, -0.25) is 14.9 Å². The lowest BCUT2D eigenvalue weighted by Crippen LogP contribution is -2.21. The summed E-state index contributed by atoms with van der Waals surface area (Å²) in [6.07, 6.45) is 3.42.